The van der Waals surface area contributed by atoms with Crippen LogP contribution >= 0.6 is 0 Å². The maximum atomic E-state index is 4.53. The fourth-order valence-corrected chi connectivity index (χ4v) is 0.246. The summed E-state index contributed by atoms with van der Waals surface area (Å²) in [5.41, 5.74) is 0. The summed E-state index contributed by atoms with van der Waals surface area (Å²) in [6.07, 6.45) is 2.32. The van der Waals surface area contributed by atoms with E-state index in [0.29, 0.717) is 0 Å². The monoisotopic (exact) mass is 125 g/mol. The van der Waals surface area contributed by atoms with E-state index in [1.165, 1.54) is 6.42 Å². The second-order valence-electron chi connectivity index (χ2n) is 1.26. The molecular weight excluding hydrogens is 114 g/mol. The Morgan fingerprint density at radius 3 is 2.29 bits per heavy atom. The van der Waals surface area contributed by atoms with E-state index in [9.17, 15) is 0 Å². The average molecular weight is 126 g/mol. The van der Waals surface area contributed by atoms with E-state index in [1.54, 1.807) is 0 Å². The summed E-state index contributed by atoms with van der Waals surface area (Å²) in [6, 6.07) is 0. The van der Waals surface area contributed by atoms with Crippen molar-refractivity contribution in [2.24, 2.45) is 0 Å². The first-order valence-electron chi connectivity index (χ1n) is 2.28. The van der Waals surface area contributed by atoms with E-state index in [2.05, 4.69) is 17.7 Å². The van der Waals surface area contributed by atoms with Crippen LogP contribution in [0.5, 0.6) is 0 Å². The molecule has 0 radical (unpaired) electrons. The Morgan fingerprint density at radius 1 is 1.57 bits per heavy atom. The third-order valence-electron chi connectivity index (χ3n) is 0.642. The standard InChI is InChI=1S/C4H12NO.ClH/c1-2-3-4-6-5;/h2-4H2,1,5H3;1H/q+1;/p-1. The second kappa shape index (κ2) is 9.51. The Hall–Kier alpha value is 0.210. The van der Waals surface area contributed by atoms with Crippen LogP contribution in [0.4, 0.5) is 0 Å². The number of halogens is 1. The van der Waals surface area contributed by atoms with Crippen LogP contribution in [-0.2, 0) is 4.84 Å². The van der Waals surface area contributed by atoms with Gasteiger partial charge in [0.2, 0.25) is 0 Å². The molecule has 2 nitrogen and oxygen atoms in total. The summed E-state index contributed by atoms with van der Waals surface area (Å²) in [7, 11) is 0. The summed E-state index contributed by atoms with van der Waals surface area (Å²) in [4.78, 5) is 4.53. The summed E-state index contributed by atoms with van der Waals surface area (Å²) >= 11 is 0. The van der Waals surface area contributed by atoms with Crippen molar-refractivity contribution in [2.75, 3.05) is 6.61 Å². The molecule has 3 heteroatoms. The summed E-state index contributed by atoms with van der Waals surface area (Å²) in [5.74, 6) is 3.22. The van der Waals surface area contributed by atoms with Crippen molar-refractivity contribution in [1.29, 1.82) is 0 Å². The maximum Gasteiger partial charge on any atom is 0.106 e. The molecule has 0 aliphatic rings. The molecule has 0 aromatic heterocycles. The summed E-state index contributed by atoms with van der Waals surface area (Å²) in [5, 5.41) is 0. The minimum Gasteiger partial charge on any atom is -1.00 e. The molecule has 0 aliphatic carbocycles. The molecule has 0 atom stereocenters. The molecule has 0 bridgehead atoms. The van der Waals surface area contributed by atoms with Crippen LogP contribution in [-0.4, -0.2) is 6.61 Å². The highest BCUT2D eigenvalue weighted by Gasteiger charge is 1.77. The average Bonchev–Trinajstić information content (AvgIpc) is 1.61. The van der Waals surface area contributed by atoms with Gasteiger partial charge in [0.1, 0.15) is 6.61 Å². The van der Waals surface area contributed by atoms with Crippen molar-refractivity contribution >= 4 is 0 Å². The highest BCUT2D eigenvalue weighted by molar-refractivity contribution is 4.24. The Morgan fingerprint density at radius 2 is 2.14 bits per heavy atom. The van der Waals surface area contributed by atoms with E-state index in [0.717, 1.165) is 13.0 Å². The smallest absolute Gasteiger partial charge is 0.106 e. The molecule has 0 spiro atoms. The Labute approximate surface area is 50.4 Å². The van der Waals surface area contributed by atoms with Crippen molar-refractivity contribution in [3.63, 3.8) is 0 Å². The Kier molecular flexibility index (Phi) is 13.9. The molecule has 0 amide bonds. The van der Waals surface area contributed by atoms with Crippen LogP contribution in [0.3, 0.4) is 0 Å². The number of unbranched alkanes of at least 4 members (excludes halogenated alkanes) is 1. The molecule has 0 fully saturated rings. The zero-order valence-electron chi connectivity index (χ0n) is 4.61. The van der Waals surface area contributed by atoms with Gasteiger partial charge in [0.15, 0.2) is 0 Å². The largest absolute Gasteiger partial charge is 1.00 e. The van der Waals surface area contributed by atoms with Gasteiger partial charge in [-0.05, 0) is 6.42 Å². The quantitative estimate of drug-likeness (QED) is 0.316. The van der Waals surface area contributed by atoms with Crippen LogP contribution in [0.2, 0.25) is 0 Å². The topological polar surface area (TPSA) is 36.9 Å². The first-order valence-corrected chi connectivity index (χ1v) is 2.28. The molecule has 3 N–H and O–H groups in total. The molecule has 0 unspecified atom stereocenters. The van der Waals surface area contributed by atoms with Gasteiger partial charge in [-0.15, -0.1) is 0 Å². The van der Waals surface area contributed by atoms with Crippen molar-refractivity contribution in [1.82, 2.24) is 0 Å². The summed E-state index contributed by atoms with van der Waals surface area (Å²) < 4.78 is 0. The lowest BCUT2D eigenvalue weighted by atomic mass is 10.4. The molecular formula is C4H12ClNO. The third kappa shape index (κ3) is 10.7. The lowest BCUT2D eigenvalue weighted by Crippen LogP contribution is -3.00. The molecule has 46 valence electrons. The van der Waals surface area contributed by atoms with Gasteiger partial charge in [-0.3, -0.25) is 0 Å². The van der Waals surface area contributed by atoms with Crippen LogP contribution in [0.15, 0.2) is 0 Å². The fourth-order valence-electron chi connectivity index (χ4n) is 0.246. The zero-order chi connectivity index (χ0) is 4.83. The highest BCUT2D eigenvalue weighted by Crippen LogP contribution is 1.81. The lowest BCUT2D eigenvalue weighted by molar-refractivity contribution is -0.689. The zero-order valence-corrected chi connectivity index (χ0v) is 5.37. The predicted octanol–water partition coefficient (Wildman–Crippen LogP) is -3.04. The summed E-state index contributed by atoms with van der Waals surface area (Å²) in [6.45, 7) is 2.93. The number of hydrogen-bond donors (Lipinski definition) is 1. The Balaban J connectivity index is 0. The predicted molar refractivity (Wildman–Crippen MR) is 23.7 cm³/mol. The van der Waals surface area contributed by atoms with Gasteiger partial charge in [0, 0.05) is 0 Å². The molecule has 0 rings (SSSR count). The molecule has 0 aromatic carbocycles. The minimum absolute atomic E-state index is 0. The van der Waals surface area contributed by atoms with Crippen molar-refractivity contribution in [2.45, 2.75) is 19.8 Å². The van der Waals surface area contributed by atoms with Gasteiger partial charge >= 0.3 is 0 Å². The molecule has 0 saturated carbocycles. The fraction of sp³-hybridized carbons (Fsp3) is 1.00. The molecule has 0 heterocycles. The van der Waals surface area contributed by atoms with Crippen LogP contribution in [0, 0.1) is 0 Å². The van der Waals surface area contributed by atoms with E-state index in [4.69, 9.17) is 0 Å². The van der Waals surface area contributed by atoms with E-state index in [-0.39, 0.29) is 12.4 Å². The normalized spacial score (nSPS) is 7.71. The number of rotatable bonds is 3. The minimum atomic E-state index is 0. The van der Waals surface area contributed by atoms with Gasteiger partial charge in [-0.2, -0.15) is 0 Å². The third-order valence-corrected chi connectivity index (χ3v) is 0.642. The molecule has 0 aromatic rings. The van der Waals surface area contributed by atoms with Crippen LogP contribution in [0.1, 0.15) is 19.8 Å². The first kappa shape index (κ1) is 10.2. The van der Waals surface area contributed by atoms with Gasteiger partial charge in [0.05, 0.1) is 0 Å². The van der Waals surface area contributed by atoms with E-state index < -0.39 is 0 Å². The highest BCUT2D eigenvalue weighted by atomic mass is 35.5. The van der Waals surface area contributed by atoms with Gasteiger partial charge in [-0.25, -0.2) is 10.7 Å². The van der Waals surface area contributed by atoms with Gasteiger partial charge in [-0.1, -0.05) is 13.3 Å². The number of hydrogen-bond acceptors (Lipinski definition) is 1. The van der Waals surface area contributed by atoms with Crippen LogP contribution < -0.4 is 18.3 Å². The van der Waals surface area contributed by atoms with Gasteiger partial charge < -0.3 is 12.4 Å². The van der Waals surface area contributed by atoms with Crippen molar-refractivity contribution < 1.29 is 23.1 Å². The lowest BCUT2D eigenvalue weighted by Gasteiger charge is -1.85. The van der Waals surface area contributed by atoms with E-state index in [1.807, 2.05) is 0 Å². The molecule has 7 heavy (non-hydrogen) atoms. The van der Waals surface area contributed by atoms with E-state index >= 15 is 0 Å². The number of quaternary nitrogens is 1. The SMILES string of the molecule is CCCCO[NH3+].[Cl-]. The Bertz CT molecular complexity index is 23.7. The molecule has 0 aliphatic heterocycles. The molecule has 0 saturated heterocycles. The van der Waals surface area contributed by atoms with Crippen molar-refractivity contribution in [3.05, 3.63) is 0 Å². The van der Waals surface area contributed by atoms with Crippen molar-refractivity contribution in [3.8, 4) is 0 Å². The van der Waals surface area contributed by atoms with Crippen LogP contribution in [0.25, 0.3) is 0 Å². The first-order chi connectivity index (χ1) is 2.91. The van der Waals surface area contributed by atoms with Gasteiger partial charge in [0.25, 0.3) is 0 Å². The second-order valence-corrected chi connectivity index (χ2v) is 1.26. The maximum absolute atomic E-state index is 4.53.